The first-order valence-electron chi connectivity index (χ1n) is 8.53. The molecular weight excluding hydrogens is 348 g/mol. The average molecular weight is 368 g/mol. The predicted molar refractivity (Wildman–Crippen MR) is 102 cm³/mol. The van der Waals surface area contributed by atoms with Gasteiger partial charge < -0.3 is 15.5 Å². The third-order valence-electron chi connectivity index (χ3n) is 4.19. The minimum absolute atomic E-state index is 0.124. The van der Waals surface area contributed by atoms with E-state index in [-0.39, 0.29) is 23.2 Å². The molecule has 1 fully saturated rings. The summed E-state index contributed by atoms with van der Waals surface area (Å²) >= 11 is 0. The number of nitro groups is 1. The lowest BCUT2D eigenvalue weighted by Crippen LogP contribution is -2.21. The van der Waals surface area contributed by atoms with Crippen LogP contribution >= 0.6 is 0 Å². The van der Waals surface area contributed by atoms with Gasteiger partial charge in [-0.3, -0.25) is 19.7 Å². The molecule has 0 aliphatic heterocycles. The van der Waals surface area contributed by atoms with Gasteiger partial charge in [0.15, 0.2) is 0 Å². The lowest BCUT2D eigenvalue weighted by Gasteiger charge is -2.11. The fraction of sp³-hybridized carbons (Fsp3) is 0.263. The van der Waals surface area contributed by atoms with E-state index in [0.29, 0.717) is 16.9 Å². The van der Waals surface area contributed by atoms with Gasteiger partial charge in [-0.05, 0) is 49.2 Å². The lowest BCUT2D eigenvalue weighted by molar-refractivity contribution is -0.384. The molecule has 8 heteroatoms. The van der Waals surface area contributed by atoms with Crippen LogP contribution in [0.2, 0.25) is 0 Å². The normalized spacial score (nSPS) is 13.0. The molecule has 0 radical (unpaired) electrons. The van der Waals surface area contributed by atoms with E-state index in [1.54, 1.807) is 50.5 Å². The molecule has 0 aromatic heterocycles. The second-order valence-corrected chi connectivity index (χ2v) is 6.64. The van der Waals surface area contributed by atoms with Crippen molar-refractivity contribution in [3.63, 3.8) is 0 Å². The van der Waals surface area contributed by atoms with Crippen LogP contribution < -0.4 is 10.6 Å². The summed E-state index contributed by atoms with van der Waals surface area (Å²) < 4.78 is 0. The van der Waals surface area contributed by atoms with Gasteiger partial charge in [0.05, 0.1) is 4.92 Å². The summed E-state index contributed by atoms with van der Waals surface area (Å²) in [7, 11) is 3.32. The number of carbonyl (C=O) groups is 2. The van der Waals surface area contributed by atoms with E-state index < -0.39 is 10.8 Å². The van der Waals surface area contributed by atoms with Gasteiger partial charge in [-0.25, -0.2) is 0 Å². The Morgan fingerprint density at radius 1 is 1.07 bits per heavy atom. The minimum atomic E-state index is -0.497. The van der Waals surface area contributed by atoms with E-state index >= 15 is 0 Å². The summed E-state index contributed by atoms with van der Waals surface area (Å²) in [5, 5.41) is 17.1. The Morgan fingerprint density at radius 3 is 2.26 bits per heavy atom. The Balaban J connectivity index is 1.74. The monoisotopic (exact) mass is 368 g/mol. The standard InChI is InChI=1S/C19H20N4O4/c1-22(2)19(25)12-3-6-15(7-4-12)21-18(24)13-5-10-16(20-14-8-9-14)17(11-13)23(26)27/h3-7,10-11,14,20H,8-9H2,1-2H3,(H,21,24). The van der Waals surface area contributed by atoms with Crippen LogP contribution in [0.25, 0.3) is 0 Å². The number of nitro benzene ring substituents is 1. The van der Waals surface area contributed by atoms with Crippen molar-refractivity contribution < 1.29 is 14.5 Å². The van der Waals surface area contributed by atoms with Crippen LogP contribution in [0.4, 0.5) is 17.1 Å². The summed E-state index contributed by atoms with van der Waals surface area (Å²) in [5.74, 6) is -0.593. The van der Waals surface area contributed by atoms with E-state index in [1.165, 1.54) is 11.0 Å². The molecule has 0 heterocycles. The highest BCUT2D eigenvalue weighted by molar-refractivity contribution is 6.05. The molecular formula is C19H20N4O4. The maximum absolute atomic E-state index is 12.4. The lowest BCUT2D eigenvalue weighted by atomic mass is 10.1. The highest BCUT2D eigenvalue weighted by Crippen LogP contribution is 2.31. The Morgan fingerprint density at radius 2 is 1.70 bits per heavy atom. The molecule has 0 spiro atoms. The average Bonchev–Trinajstić information content (AvgIpc) is 3.45. The van der Waals surface area contributed by atoms with Crippen molar-refractivity contribution in [1.82, 2.24) is 4.90 Å². The number of nitrogens with one attached hydrogen (secondary N) is 2. The summed E-state index contributed by atoms with van der Waals surface area (Å²) in [6.07, 6.45) is 1.98. The summed E-state index contributed by atoms with van der Waals surface area (Å²) in [6.45, 7) is 0. The third-order valence-corrected chi connectivity index (χ3v) is 4.19. The molecule has 0 atom stereocenters. The summed E-state index contributed by atoms with van der Waals surface area (Å²) in [5.41, 5.74) is 1.49. The molecule has 2 N–H and O–H groups in total. The first kappa shape index (κ1) is 18.4. The second kappa shape index (κ2) is 7.45. The molecule has 1 saturated carbocycles. The Kier molecular flexibility index (Phi) is 5.07. The Labute approximate surface area is 156 Å². The molecule has 0 bridgehead atoms. The van der Waals surface area contributed by atoms with Gasteiger partial charge in [0.25, 0.3) is 17.5 Å². The van der Waals surface area contributed by atoms with Crippen LogP contribution in [0.5, 0.6) is 0 Å². The first-order chi connectivity index (χ1) is 12.8. The SMILES string of the molecule is CN(C)C(=O)c1ccc(NC(=O)c2ccc(NC3CC3)c([N+](=O)[O-])c2)cc1. The molecule has 2 aromatic rings. The predicted octanol–water partition coefficient (Wildman–Crippen LogP) is 3.12. The summed E-state index contributed by atoms with van der Waals surface area (Å²) in [4.78, 5) is 36.6. The van der Waals surface area contributed by atoms with E-state index in [2.05, 4.69) is 10.6 Å². The molecule has 8 nitrogen and oxygen atoms in total. The zero-order chi connectivity index (χ0) is 19.6. The number of hydrogen-bond donors (Lipinski definition) is 2. The number of hydrogen-bond acceptors (Lipinski definition) is 5. The largest absolute Gasteiger partial charge is 0.377 e. The van der Waals surface area contributed by atoms with Crippen LogP contribution in [0.1, 0.15) is 33.6 Å². The van der Waals surface area contributed by atoms with Gasteiger partial charge >= 0.3 is 0 Å². The van der Waals surface area contributed by atoms with Crippen LogP contribution in [0, 0.1) is 10.1 Å². The number of carbonyl (C=O) groups excluding carboxylic acids is 2. The first-order valence-corrected chi connectivity index (χ1v) is 8.53. The topological polar surface area (TPSA) is 105 Å². The van der Waals surface area contributed by atoms with E-state index in [4.69, 9.17) is 0 Å². The quantitative estimate of drug-likeness (QED) is 0.602. The van der Waals surface area contributed by atoms with Gasteiger partial charge in [-0.2, -0.15) is 0 Å². The second-order valence-electron chi connectivity index (χ2n) is 6.64. The molecule has 1 aliphatic rings. The fourth-order valence-corrected chi connectivity index (χ4v) is 2.55. The smallest absolute Gasteiger partial charge is 0.293 e. The van der Waals surface area contributed by atoms with Crippen molar-refractivity contribution in [2.75, 3.05) is 24.7 Å². The number of amides is 2. The van der Waals surface area contributed by atoms with Crippen molar-refractivity contribution in [2.45, 2.75) is 18.9 Å². The van der Waals surface area contributed by atoms with Gasteiger partial charge in [0, 0.05) is 43.0 Å². The van der Waals surface area contributed by atoms with Gasteiger partial charge in [-0.1, -0.05) is 0 Å². The van der Waals surface area contributed by atoms with E-state index in [1.807, 2.05) is 0 Å². The number of benzene rings is 2. The Hall–Kier alpha value is -3.42. The van der Waals surface area contributed by atoms with Crippen LogP contribution in [0.15, 0.2) is 42.5 Å². The Bertz CT molecular complexity index is 889. The van der Waals surface area contributed by atoms with Crippen LogP contribution in [-0.4, -0.2) is 41.8 Å². The number of nitrogens with zero attached hydrogens (tertiary/aromatic N) is 2. The fourth-order valence-electron chi connectivity index (χ4n) is 2.55. The number of rotatable bonds is 6. The maximum Gasteiger partial charge on any atom is 0.293 e. The molecule has 0 saturated heterocycles. The van der Waals surface area contributed by atoms with Crippen LogP contribution in [-0.2, 0) is 0 Å². The van der Waals surface area contributed by atoms with Gasteiger partial charge in [-0.15, -0.1) is 0 Å². The molecule has 2 aromatic carbocycles. The summed E-state index contributed by atoms with van der Waals surface area (Å²) in [6, 6.07) is 11.1. The van der Waals surface area contributed by atoms with Gasteiger partial charge in [0.2, 0.25) is 0 Å². The molecule has 3 rings (SSSR count). The van der Waals surface area contributed by atoms with Crippen molar-refractivity contribution >= 4 is 28.9 Å². The molecule has 1 aliphatic carbocycles. The van der Waals surface area contributed by atoms with Crippen molar-refractivity contribution in [3.8, 4) is 0 Å². The molecule has 27 heavy (non-hydrogen) atoms. The molecule has 0 unspecified atom stereocenters. The van der Waals surface area contributed by atoms with Crippen molar-refractivity contribution in [1.29, 1.82) is 0 Å². The highest BCUT2D eigenvalue weighted by Gasteiger charge is 2.25. The molecule has 140 valence electrons. The highest BCUT2D eigenvalue weighted by atomic mass is 16.6. The zero-order valence-electron chi connectivity index (χ0n) is 15.1. The zero-order valence-corrected chi connectivity index (χ0v) is 15.1. The van der Waals surface area contributed by atoms with Crippen molar-refractivity contribution in [3.05, 3.63) is 63.7 Å². The molecule has 2 amide bonds. The van der Waals surface area contributed by atoms with Crippen molar-refractivity contribution in [2.24, 2.45) is 0 Å². The third kappa shape index (κ3) is 4.41. The minimum Gasteiger partial charge on any atom is -0.377 e. The van der Waals surface area contributed by atoms with E-state index in [0.717, 1.165) is 12.8 Å². The van der Waals surface area contributed by atoms with E-state index in [9.17, 15) is 19.7 Å². The number of anilines is 2. The van der Waals surface area contributed by atoms with Gasteiger partial charge in [0.1, 0.15) is 5.69 Å². The maximum atomic E-state index is 12.4. The van der Waals surface area contributed by atoms with Crippen LogP contribution in [0.3, 0.4) is 0 Å².